The van der Waals surface area contributed by atoms with E-state index in [4.69, 9.17) is 21.1 Å². The molecular formula is C27H21ClN2O4. The second-order valence-corrected chi connectivity index (χ2v) is 7.87. The molecule has 0 bridgehead atoms. The van der Waals surface area contributed by atoms with Crippen LogP contribution in [-0.4, -0.2) is 24.2 Å². The number of hydrazone groups is 1. The Morgan fingerprint density at radius 1 is 0.882 bits per heavy atom. The van der Waals surface area contributed by atoms with Gasteiger partial charge in [0.2, 0.25) is 0 Å². The highest BCUT2D eigenvalue weighted by atomic mass is 35.5. The van der Waals surface area contributed by atoms with Gasteiger partial charge in [-0.2, -0.15) is 5.10 Å². The van der Waals surface area contributed by atoms with Crippen molar-refractivity contribution >= 4 is 40.5 Å². The number of nitrogens with zero attached hydrogens (tertiary/aromatic N) is 1. The van der Waals surface area contributed by atoms with Gasteiger partial charge in [0, 0.05) is 5.02 Å². The van der Waals surface area contributed by atoms with E-state index in [1.165, 1.54) is 6.21 Å². The van der Waals surface area contributed by atoms with E-state index >= 15 is 0 Å². The van der Waals surface area contributed by atoms with Crippen LogP contribution >= 0.6 is 11.6 Å². The average molecular weight is 473 g/mol. The molecule has 0 saturated heterocycles. The standard InChI is InChI=1S/C27H21ClN2O4/c1-18(33-22-15-11-21(28)12-16-22)26(31)30-29-17-19-9-13-23(14-10-19)34-27(32)25-8-4-6-20-5-2-3-7-24(20)25/h2-18H,1H3,(H,30,31)/b29-17-/t18-/m1/s1. The Kier molecular flexibility index (Phi) is 7.20. The van der Waals surface area contributed by atoms with E-state index in [2.05, 4.69) is 10.5 Å². The van der Waals surface area contributed by atoms with Gasteiger partial charge in [-0.3, -0.25) is 4.79 Å². The van der Waals surface area contributed by atoms with Crippen molar-refractivity contribution in [1.29, 1.82) is 0 Å². The Labute approximate surface area is 201 Å². The minimum Gasteiger partial charge on any atom is -0.481 e. The molecule has 4 aromatic rings. The zero-order valence-corrected chi connectivity index (χ0v) is 19.0. The summed E-state index contributed by atoms with van der Waals surface area (Å²) in [6.07, 6.45) is 0.748. The summed E-state index contributed by atoms with van der Waals surface area (Å²) in [4.78, 5) is 24.8. The van der Waals surface area contributed by atoms with Crippen LogP contribution in [0.25, 0.3) is 10.8 Å². The summed E-state index contributed by atoms with van der Waals surface area (Å²) in [5.41, 5.74) is 3.66. The highest BCUT2D eigenvalue weighted by Crippen LogP contribution is 2.21. The number of benzene rings is 4. The summed E-state index contributed by atoms with van der Waals surface area (Å²) in [6.45, 7) is 1.62. The van der Waals surface area contributed by atoms with Gasteiger partial charge in [-0.15, -0.1) is 0 Å². The van der Waals surface area contributed by atoms with Crippen LogP contribution in [0.4, 0.5) is 0 Å². The molecule has 4 rings (SSSR count). The minimum atomic E-state index is -0.741. The van der Waals surface area contributed by atoms with Gasteiger partial charge >= 0.3 is 5.97 Å². The zero-order valence-electron chi connectivity index (χ0n) is 18.3. The van der Waals surface area contributed by atoms with Gasteiger partial charge in [0.05, 0.1) is 11.8 Å². The van der Waals surface area contributed by atoms with Crippen molar-refractivity contribution in [3.8, 4) is 11.5 Å². The van der Waals surface area contributed by atoms with E-state index in [9.17, 15) is 9.59 Å². The summed E-state index contributed by atoms with van der Waals surface area (Å²) in [6, 6.07) is 26.7. The van der Waals surface area contributed by atoms with Crippen molar-refractivity contribution in [2.75, 3.05) is 0 Å². The molecule has 1 amide bonds. The molecule has 0 unspecified atom stereocenters. The van der Waals surface area contributed by atoms with Crippen LogP contribution < -0.4 is 14.9 Å². The first-order valence-electron chi connectivity index (χ1n) is 10.5. The molecule has 0 spiro atoms. The molecule has 0 radical (unpaired) electrons. The summed E-state index contributed by atoms with van der Waals surface area (Å²) in [5.74, 6) is 0.112. The van der Waals surface area contributed by atoms with E-state index in [0.29, 0.717) is 22.1 Å². The number of amides is 1. The maximum Gasteiger partial charge on any atom is 0.344 e. The molecule has 170 valence electrons. The number of carbonyl (C=O) groups excluding carboxylic acids is 2. The number of nitrogens with one attached hydrogen (secondary N) is 1. The Morgan fingerprint density at radius 2 is 1.56 bits per heavy atom. The number of esters is 1. The van der Waals surface area contributed by atoms with Gasteiger partial charge in [0.15, 0.2) is 6.10 Å². The number of hydrogen-bond acceptors (Lipinski definition) is 5. The third-order valence-corrected chi connectivity index (χ3v) is 5.24. The second-order valence-electron chi connectivity index (χ2n) is 7.43. The Morgan fingerprint density at radius 3 is 2.32 bits per heavy atom. The molecule has 0 aromatic heterocycles. The molecule has 6 nitrogen and oxygen atoms in total. The maximum atomic E-state index is 12.7. The largest absolute Gasteiger partial charge is 0.481 e. The summed E-state index contributed by atoms with van der Waals surface area (Å²) >= 11 is 5.84. The number of ether oxygens (including phenoxy) is 2. The highest BCUT2D eigenvalue weighted by molar-refractivity contribution is 6.30. The lowest BCUT2D eigenvalue weighted by atomic mass is 10.0. The summed E-state index contributed by atoms with van der Waals surface area (Å²) in [7, 11) is 0. The first-order valence-corrected chi connectivity index (χ1v) is 10.9. The molecule has 1 atom stereocenters. The molecular weight excluding hydrogens is 452 g/mol. The Bertz CT molecular complexity index is 1330. The zero-order chi connectivity index (χ0) is 23.9. The fraction of sp³-hybridized carbons (Fsp3) is 0.0741. The lowest BCUT2D eigenvalue weighted by molar-refractivity contribution is -0.127. The van der Waals surface area contributed by atoms with E-state index in [0.717, 1.165) is 16.3 Å². The first kappa shape index (κ1) is 23.0. The summed E-state index contributed by atoms with van der Waals surface area (Å²) < 4.78 is 11.1. The van der Waals surface area contributed by atoms with Crippen LogP contribution in [0.2, 0.25) is 5.02 Å². The average Bonchev–Trinajstić information content (AvgIpc) is 2.86. The molecule has 0 saturated carbocycles. The van der Waals surface area contributed by atoms with Gasteiger partial charge < -0.3 is 9.47 Å². The number of halogens is 1. The predicted octanol–water partition coefficient (Wildman–Crippen LogP) is 5.63. The monoisotopic (exact) mass is 472 g/mol. The van der Waals surface area contributed by atoms with Gasteiger partial charge in [-0.05, 0) is 77.9 Å². The van der Waals surface area contributed by atoms with Gasteiger partial charge in [-0.1, -0.05) is 48.0 Å². The first-order chi connectivity index (χ1) is 16.5. The molecule has 4 aromatic carbocycles. The van der Waals surface area contributed by atoms with Crippen molar-refractivity contribution in [3.63, 3.8) is 0 Å². The number of rotatable bonds is 7. The van der Waals surface area contributed by atoms with E-state index < -0.39 is 18.0 Å². The topological polar surface area (TPSA) is 77.0 Å². The van der Waals surface area contributed by atoms with Crippen LogP contribution in [0.15, 0.2) is 96.1 Å². The van der Waals surface area contributed by atoms with Gasteiger partial charge in [0.1, 0.15) is 11.5 Å². The van der Waals surface area contributed by atoms with Crippen molar-refractivity contribution < 1.29 is 19.1 Å². The normalized spacial score (nSPS) is 11.8. The number of carbonyl (C=O) groups is 2. The fourth-order valence-corrected chi connectivity index (χ4v) is 3.35. The third kappa shape index (κ3) is 5.79. The van der Waals surface area contributed by atoms with Crippen molar-refractivity contribution in [1.82, 2.24) is 5.43 Å². The van der Waals surface area contributed by atoms with E-state index in [1.54, 1.807) is 61.5 Å². The fourth-order valence-electron chi connectivity index (χ4n) is 3.22. The van der Waals surface area contributed by atoms with Crippen LogP contribution in [0.1, 0.15) is 22.8 Å². The maximum absolute atomic E-state index is 12.7. The number of hydrogen-bond donors (Lipinski definition) is 1. The summed E-state index contributed by atoms with van der Waals surface area (Å²) in [5, 5.41) is 6.35. The second kappa shape index (κ2) is 10.6. The quantitative estimate of drug-likeness (QED) is 0.164. The molecule has 0 aliphatic rings. The minimum absolute atomic E-state index is 0.396. The van der Waals surface area contributed by atoms with Crippen molar-refractivity contribution in [2.45, 2.75) is 13.0 Å². The lowest BCUT2D eigenvalue weighted by Crippen LogP contribution is -2.33. The van der Waals surface area contributed by atoms with Gasteiger partial charge in [0.25, 0.3) is 5.91 Å². The molecule has 0 heterocycles. The number of fused-ring (bicyclic) bond motifs is 1. The molecule has 0 fully saturated rings. The van der Waals surface area contributed by atoms with Crippen LogP contribution in [0.5, 0.6) is 11.5 Å². The van der Waals surface area contributed by atoms with E-state index in [1.807, 2.05) is 36.4 Å². The van der Waals surface area contributed by atoms with Gasteiger partial charge in [-0.25, -0.2) is 10.2 Å². The van der Waals surface area contributed by atoms with Crippen LogP contribution in [-0.2, 0) is 4.79 Å². The van der Waals surface area contributed by atoms with Crippen LogP contribution in [0, 0.1) is 0 Å². The molecule has 1 N–H and O–H groups in total. The lowest BCUT2D eigenvalue weighted by Gasteiger charge is -2.12. The molecule has 0 aliphatic carbocycles. The third-order valence-electron chi connectivity index (χ3n) is 4.98. The van der Waals surface area contributed by atoms with Crippen molar-refractivity contribution in [3.05, 3.63) is 107 Å². The molecule has 34 heavy (non-hydrogen) atoms. The van der Waals surface area contributed by atoms with Crippen LogP contribution in [0.3, 0.4) is 0 Å². The van der Waals surface area contributed by atoms with Crippen molar-refractivity contribution in [2.24, 2.45) is 5.10 Å². The molecule has 0 aliphatic heterocycles. The SMILES string of the molecule is C[C@@H](Oc1ccc(Cl)cc1)C(=O)N/N=C\c1ccc(OC(=O)c2cccc3ccccc23)cc1. The van der Waals surface area contributed by atoms with E-state index in [-0.39, 0.29) is 0 Å². The Hall–Kier alpha value is -4.16. The Balaban J connectivity index is 1.32. The highest BCUT2D eigenvalue weighted by Gasteiger charge is 2.14. The molecule has 7 heteroatoms. The predicted molar refractivity (Wildman–Crippen MR) is 133 cm³/mol. The smallest absolute Gasteiger partial charge is 0.344 e.